The molecule has 0 atom stereocenters. The van der Waals surface area contributed by atoms with Gasteiger partial charge in [-0.15, -0.1) is 0 Å². The Hall–Kier alpha value is -1.63. The van der Waals surface area contributed by atoms with Crippen molar-refractivity contribution >= 4 is 5.95 Å². The molecule has 0 amide bonds. The van der Waals surface area contributed by atoms with Gasteiger partial charge in [-0.1, -0.05) is 0 Å². The van der Waals surface area contributed by atoms with Gasteiger partial charge in [-0.25, -0.2) is 9.97 Å². The number of nitrogens with zero attached hydrogens (tertiary/aromatic N) is 4. The molecular weight excluding hydrogens is 164 g/mol. The first-order valence-electron chi connectivity index (χ1n) is 4.29. The molecule has 1 heterocycles. The monoisotopic (exact) mass is 176 g/mol. The number of hydrogen-bond donors (Lipinski definition) is 0. The average molecular weight is 176 g/mol. The van der Waals surface area contributed by atoms with Crippen molar-refractivity contribution < 1.29 is 0 Å². The molecule has 1 aromatic heterocycles. The molecule has 0 aliphatic rings. The van der Waals surface area contributed by atoms with Gasteiger partial charge in [0.25, 0.3) is 0 Å². The fourth-order valence-corrected chi connectivity index (χ4v) is 1.07. The van der Waals surface area contributed by atoms with Gasteiger partial charge < -0.3 is 4.90 Å². The average Bonchev–Trinajstić information content (AvgIpc) is 2.20. The van der Waals surface area contributed by atoms with E-state index in [1.807, 2.05) is 24.8 Å². The first-order chi connectivity index (χ1) is 6.31. The molecule has 0 unspecified atom stereocenters. The first kappa shape index (κ1) is 9.46. The summed E-state index contributed by atoms with van der Waals surface area (Å²) in [4.78, 5) is 10.2. The van der Waals surface area contributed by atoms with Crippen LogP contribution in [0.4, 0.5) is 5.95 Å². The summed E-state index contributed by atoms with van der Waals surface area (Å²) in [6.45, 7) is 5.77. The van der Waals surface area contributed by atoms with Gasteiger partial charge in [0, 0.05) is 19.3 Å². The number of hydrogen-bond acceptors (Lipinski definition) is 4. The van der Waals surface area contributed by atoms with Crippen molar-refractivity contribution in [1.29, 1.82) is 5.26 Å². The molecule has 0 bridgehead atoms. The van der Waals surface area contributed by atoms with Crippen molar-refractivity contribution in [3.63, 3.8) is 0 Å². The van der Waals surface area contributed by atoms with E-state index in [2.05, 4.69) is 9.97 Å². The number of aromatic nitrogens is 2. The number of rotatable bonds is 3. The Labute approximate surface area is 77.8 Å². The van der Waals surface area contributed by atoms with Crippen molar-refractivity contribution in [2.24, 2.45) is 0 Å². The number of nitriles is 1. The molecule has 0 fully saturated rings. The highest BCUT2D eigenvalue weighted by Gasteiger charge is 2.04. The molecule has 0 aliphatic heterocycles. The highest BCUT2D eigenvalue weighted by molar-refractivity contribution is 5.32. The maximum absolute atomic E-state index is 8.63. The zero-order chi connectivity index (χ0) is 9.68. The van der Waals surface area contributed by atoms with Crippen LogP contribution in [0.25, 0.3) is 0 Å². The molecular formula is C9H12N4. The largest absolute Gasteiger partial charge is 0.341 e. The van der Waals surface area contributed by atoms with Gasteiger partial charge in [-0.05, 0) is 19.9 Å². The SMILES string of the molecule is CCN(CC)c1nccc(C#N)n1. The van der Waals surface area contributed by atoms with Gasteiger partial charge in [0.15, 0.2) is 0 Å². The first-order valence-corrected chi connectivity index (χ1v) is 4.29. The summed E-state index contributed by atoms with van der Waals surface area (Å²) in [5.74, 6) is 0.629. The van der Waals surface area contributed by atoms with Gasteiger partial charge >= 0.3 is 0 Å². The van der Waals surface area contributed by atoms with Gasteiger partial charge in [-0.2, -0.15) is 5.26 Å². The normalized spacial score (nSPS) is 9.31. The molecule has 0 saturated carbocycles. The Bertz CT molecular complexity index is 312. The Balaban J connectivity index is 2.94. The molecule has 0 saturated heterocycles. The molecule has 13 heavy (non-hydrogen) atoms. The van der Waals surface area contributed by atoms with E-state index in [0.29, 0.717) is 11.6 Å². The molecule has 0 radical (unpaired) electrons. The summed E-state index contributed by atoms with van der Waals surface area (Å²) in [6.07, 6.45) is 1.61. The summed E-state index contributed by atoms with van der Waals surface area (Å²) < 4.78 is 0. The predicted molar refractivity (Wildman–Crippen MR) is 50.3 cm³/mol. The minimum Gasteiger partial charge on any atom is -0.341 e. The van der Waals surface area contributed by atoms with E-state index in [9.17, 15) is 0 Å². The van der Waals surface area contributed by atoms with Crippen LogP contribution in [0.5, 0.6) is 0 Å². The Morgan fingerprint density at radius 2 is 2.15 bits per heavy atom. The molecule has 4 heteroatoms. The summed E-state index contributed by atoms with van der Waals surface area (Å²) in [6, 6.07) is 3.60. The maximum Gasteiger partial charge on any atom is 0.226 e. The maximum atomic E-state index is 8.63. The van der Waals surface area contributed by atoms with E-state index in [0.717, 1.165) is 13.1 Å². The lowest BCUT2D eigenvalue weighted by atomic mass is 10.4. The number of anilines is 1. The van der Waals surface area contributed by atoms with Crippen LogP contribution in [0.1, 0.15) is 19.5 Å². The second-order valence-electron chi connectivity index (χ2n) is 2.53. The second-order valence-corrected chi connectivity index (χ2v) is 2.53. The van der Waals surface area contributed by atoms with E-state index in [4.69, 9.17) is 5.26 Å². The van der Waals surface area contributed by atoms with Crippen LogP contribution in [0, 0.1) is 11.3 Å². The molecule has 1 rings (SSSR count). The Kier molecular flexibility index (Phi) is 3.21. The summed E-state index contributed by atoms with van der Waals surface area (Å²) in [5.41, 5.74) is 0.414. The van der Waals surface area contributed by atoms with Crippen LogP contribution in [0.2, 0.25) is 0 Å². The lowest BCUT2D eigenvalue weighted by Gasteiger charge is -2.17. The van der Waals surface area contributed by atoms with Crippen molar-refractivity contribution in [2.45, 2.75) is 13.8 Å². The highest BCUT2D eigenvalue weighted by atomic mass is 15.2. The molecule has 0 N–H and O–H groups in total. The zero-order valence-electron chi connectivity index (χ0n) is 7.86. The van der Waals surface area contributed by atoms with E-state index in [1.165, 1.54) is 0 Å². The summed E-state index contributed by atoms with van der Waals surface area (Å²) >= 11 is 0. The third-order valence-corrected chi connectivity index (χ3v) is 1.80. The lowest BCUT2D eigenvalue weighted by Crippen LogP contribution is -2.24. The van der Waals surface area contributed by atoms with Gasteiger partial charge in [-0.3, -0.25) is 0 Å². The Morgan fingerprint density at radius 1 is 1.46 bits per heavy atom. The van der Waals surface area contributed by atoms with Gasteiger partial charge in [0.05, 0.1) is 0 Å². The molecule has 68 valence electrons. The van der Waals surface area contributed by atoms with Crippen LogP contribution < -0.4 is 4.90 Å². The van der Waals surface area contributed by atoms with E-state index in [-0.39, 0.29) is 0 Å². The minimum absolute atomic E-state index is 0.414. The highest BCUT2D eigenvalue weighted by Crippen LogP contribution is 2.05. The summed E-state index contributed by atoms with van der Waals surface area (Å²) in [5, 5.41) is 8.63. The van der Waals surface area contributed by atoms with Crippen molar-refractivity contribution in [1.82, 2.24) is 9.97 Å². The fraction of sp³-hybridized carbons (Fsp3) is 0.444. The smallest absolute Gasteiger partial charge is 0.226 e. The van der Waals surface area contributed by atoms with Crippen molar-refractivity contribution in [2.75, 3.05) is 18.0 Å². The van der Waals surface area contributed by atoms with Crippen LogP contribution >= 0.6 is 0 Å². The van der Waals surface area contributed by atoms with Crippen LogP contribution in [-0.2, 0) is 0 Å². The quantitative estimate of drug-likeness (QED) is 0.694. The van der Waals surface area contributed by atoms with Crippen LogP contribution in [0.15, 0.2) is 12.3 Å². The van der Waals surface area contributed by atoms with Crippen molar-refractivity contribution in [3.8, 4) is 6.07 Å². The summed E-state index contributed by atoms with van der Waals surface area (Å²) in [7, 11) is 0. The standard InChI is InChI=1S/C9H12N4/c1-3-13(4-2)9-11-6-5-8(7-10)12-9/h5-6H,3-4H2,1-2H3. The molecule has 0 aromatic carbocycles. The molecule has 1 aromatic rings. The fourth-order valence-electron chi connectivity index (χ4n) is 1.07. The predicted octanol–water partition coefficient (Wildman–Crippen LogP) is 1.19. The zero-order valence-corrected chi connectivity index (χ0v) is 7.86. The second kappa shape index (κ2) is 4.41. The molecule has 0 spiro atoms. The topological polar surface area (TPSA) is 52.8 Å². The van der Waals surface area contributed by atoms with E-state index >= 15 is 0 Å². The molecule has 0 aliphatic carbocycles. The van der Waals surface area contributed by atoms with Crippen LogP contribution in [-0.4, -0.2) is 23.1 Å². The van der Waals surface area contributed by atoms with Gasteiger partial charge in [0.1, 0.15) is 11.8 Å². The van der Waals surface area contributed by atoms with Gasteiger partial charge in [0.2, 0.25) is 5.95 Å². The van der Waals surface area contributed by atoms with Crippen molar-refractivity contribution in [3.05, 3.63) is 18.0 Å². The molecule has 4 nitrogen and oxygen atoms in total. The van der Waals surface area contributed by atoms with E-state index < -0.39 is 0 Å². The lowest BCUT2D eigenvalue weighted by molar-refractivity contribution is 0.819. The van der Waals surface area contributed by atoms with Crippen LogP contribution in [0.3, 0.4) is 0 Å². The third kappa shape index (κ3) is 2.15. The Morgan fingerprint density at radius 3 is 2.69 bits per heavy atom. The third-order valence-electron chi connectivity index (χ3n) is 1.80. The van der Waals surface area contributed by atoms with E-state index in [1.54, 1.807) is 12.3 Å². The minimum atomic E-state index is 0.414.